The second-order valence-corrected chi connectivity index (χ2v) is 3.47. The highest BCUT2D eigenvalue weighted by molar-refractivity contribution is 7.81. The molecule has 3 atom stereocenters. The molecule has 1 heteroatoms. The van der Waals surface area contributed by atoms with Crippen molar-refractivity contribution < 1.29 is 0 Å². The summed E-state index contributed by atoms with van der Waals surface area (Å²) in [5.41, 5.74) is 0. The van der Waals surface area contributed by atoms with E-state index >= 15 is 0 Å². The van der Waals surface area contributed by atoms with Crippen molar-refractivity contribution in [2.45, 2.75) is 18.1 Å². The Hall–Kier alpha value is 0.0900. The molecule has 1 saturated carbocycles. The zero-order chi connectivity index (χ0) is 5.56. The molecule has 8 heavy (non-hydrogen) atoms. The Labute approximate surface area is 55.4 Å². The van der Waals surface area contributed by atoms with E-state index in [9.17, 15) is 0 Å². The number of hydrogen-bond donors (Lipinski definition) is 1. The molecule has 0 aromatic rings. The van der Waals surface area contributed by atoms with Gasteiger partial charge in [0.1, 0.15) is 0 Å². The molecule has 0 aromatic carbocycles. The first-order chi connectivity index (χ1) is 3.88. The van der Waals surface area contributed by atoms with Gasteiger partial charge in [-0.15, -0.1) is 0 Å². The summed E-state index contributed by atoms with van der Waals surface area (Å²) in [7, 11) is 0. The summed E-state index contributed by atoms with van der Waals surface area (Å²) >= 11 is 4.41. The second-order valence-electron chi connectivity index (χ2n) is 2.80. The van der Waals surface area contributed by atoms with Gasteiger partial charge < -0.3 is 0 Å². The maximum atomic E-state index is 4.41. The van der Waals surface area contributed by atoms with Gasteiger partial charge in [-0.2, -0.15) is 12.6 Å². The Kier molecular flexibility index (Phi) is 0.944. The Bertz CT molecular complexity index is 128. The summed E-state index contributed by atoms with van der Waals surface area (Å²) in [6, 6.07) is 0. The van der Waals surface area contributed by atoms with E-state index in [1.54, 1.807) is 0 Å². The number of thiol groups is 1. The van der Waals surface area contributed by atoms with E-state index in [-0.39, 0.29) is 0 Å². The van der Waals surface area contributed by atoms with Crippen LogP contribution < -0.4 is 0 Å². The van der Waals surface area contributed by atoms with Gasteiger partial charge in [0.25, 0.3) is 0 Å². The molecule has 0 radical (unpaired) electrons. The lowest BCUT2D eigenvalue weighted by molar-refractivity contribution is 0.264. The Morgan fingerprint density at radius 1 is 1.50 bits per heavy atom. The SMILES string of the molecule is SC1CC2CC=CC12. The maximum absolute atomic E-state index is 4.41. The van der Waals surface area contributed by atoms with E-state index in [2.05, 4.69) is 24.8 Å². The predicted molar refractivity (Wildman–Crippen MR) is 38.1 cm³/mol. The van der Waals surface area contributed by atoms with Gasteiger partial charge in [0.05, 0.1) is 0 Å². The molecule has 0 aliphatic heterocycles. The monoisotopic (exact) mass is 126 g/mol. The molecule has 0 heterocycles. The Morgan fingerprint density at radius 2 is 2.38 bits per heavy atom. The molecule has 1 fully saturated rings. The molecule has 3 unspecified atom stereocenters. The van der Waals surface area contributed by atoms with Crippen molar-refractivity contribution in [1.82, 2.24) is 0 Å². The molecule has 0 aromatic heterocycles. The van der Waals surface area contributed by atoms with Crippen LogP contribution in [0.3, 0.4) is 0 Å². The van der Waals surface area contributed by atoms with Crippen molar-refractivity contribution in [3.05, 3.63) is 12.2 Å². The average Bonchev–Trinajstić information content (AvgIpc) is 2.09. The van der Waals surface area contributed by atoms with Gasteiger partial charge in [-0.3, -0.25) is 0 Å². The fourth-order valence-corrected chi connectivity index (χ4v) is 2.31. The normalized spacial score (nSPS) is 50.9. The summed E-state index contributed by atoms with van der Waals surface area (Å²) < 4.78 is 0. The third kappa shape index (κ3) is 0.482. The van der Waals surface area contributed by atoms with Gasteiger partial charge in [-0.1, -0.05) is 12.2 Å². The molecular weight excluding hydrogens is 116 g/mol. The van der Waals surface area contributed by atoms with Crippen LogP contribution in [0.4, 0.5) is 0 Å². The van der Waals surface area contributed by atoms with Crippen molar-refractivity contribution in [3.63, 3.8) is 0 Å². The van der Waals surface area contributed by atoms with Crippen molar-refractivity contribution in [2.75, 3.05) is 0 Å². The van der Waals surface area contributed by atoms with Crippen LogP contribution in [0.2, 0.25) is 0 Å². The van der Waals surface area contributed by atoms with Gasteiger partial charge >= 0.3 is 0 Å². The molecule has 0 bridgehead atoms. The molecule has 0 spiro atoms. The fraction of sp³-hybridized carbons (Fsp3) is 0.714. The molecule has 0 N–H and O–H groups in total. The summed E-state index contributed by atoms with van der Waals surface area (Å²) in [4.78, 5) is 0. The Morgan fingerprint density at radius 3 is 2.88 bits per heavy atom. The number of fused-ring (bicyclic) bond motifs is 1. The smallest absolute Gasteiger partial charge is 0.00853 e. The van der Waals surface area contributed by atoms with Crippen LogP contribution in [-0.4, -0.2) is 5.25 Å². The van der Waals surface area contributed by atoms with Crippen LogP contribution in [0, 0.1) is 11.8 Å². The largest absolute Gasteiger partial charge is 0.175 e. The van der Waals surface area contributed by atoms with Gasteiger partial charge in [-0.05, 0) is 24.7 Å². The van der Waals surface area contributed by atoms with E-state index < -0.39 is 0 Å². The van der Waals surface area contributed by atoms with Crippen LogP contribution in [-0.2, 0) is 0 Å². The van der Waals surface area contributed by atoms with Gasteiger partial charge in [0.2, 0.25) is 0 Å². The van der Waals surface area contributed by atoms with Crippen molar-refractivity contribution in [1.29, 1.82) is 0 Å². The lowest BCUT2D eigenvalue weighted by atomic mass is 9.75. The lowest BCUT2D eigenvalue weighted by Crippen LogP contribution is -2.33. The number of allylic oxidation sites excluding steroid dienone is 2. The van der Waals surface area contributed by atoms with Crippen LogP contribution in [0.25, 0.3) is 0 Å². The molecule has 0 saturated heterocycles. The van der Waals surface area contributed by atoms with E-state index in [0.717, 1.165) is 11.8 Å². The van der Waals surface area contributed by atoms with Gasteiger partial charge in [0.15, 0.2) is 0 Å². The molecular formula is C7H10S. The standard InChI is InChI=1S/C7H10S/c8-7-4-5-2-1-3-6(5)7/h1,3,5-8H,2,4H2. The molecule has 2 rings (SSSR count). The van der Waals surface area contributed by atoms with Crippen molar-refractivity contribution >= 4 is 12.6 Å². The summed E-state index contributed by atoms with van der Waals surface area (Å²) in [6.07, 6.45) is 7.29. The Balaban J connectivity index is 2.10. The van der Waals surface area contributed by atoms with Crippen LogP contribution in [0.15, 0.2) is 12.2 Å². The first kappa shape index (κ1) is 4.92. The summed E-state index contributed by atoms with van der Waals surface area (Å²) in [6.45, 7) is 0. The van der Waals surface area contributed by atoms with E-state index in [0.29, 0.717) is 5.25 Å². The first-order valence-corrected chi connectivity index (χ1v) is 3.74. The molecule has 2 aliphatic rings. The van der Waals surface area contributed by atoms with E-state index in [1.807, 2.05) is 0 Å². The zero-order valence-corrected chi connectivity index (χ0v) is 5.64. The highest BCUT2D eigenvalue weighted by atomic mass is 32.1. The fourth-order valence-electron chi connectivity index (χ4n) is 1.69. The molecule has 0 amide bonds. The van der Waals surface area contributed by atoms with E-state index in [1.165, 1.54) is 12.8 Å². The van der Waals surface area contributed by atoms with Crippen LogP contribution in [0.1, 0.15) is 12.8 Å². The number of rotatable bonds is 0. The van der Waals surface area contributed by atoms with Crippen molar-refractivity contribution in [2.24, 2.45) is 11.8 Å². The summed E-state index contributed by atoms with van der Waals surface area (Å²) in [5, 5.41) is 0.693. The molecule has 44 valence electrons. The molecule has 0 nitrogen and oxygen atoms in total. The van der Waals surface area contributed by atoms with Gasteiger partial charge in [-0.25, -0.2) is 0 Å². The lowest BCUT2D eigenvalue weighted by Gasteiger charge is -2.36. The minimum absolute atomic E-state index is 0.693. The highest BCUT2D eigenvalue weighted by Crippen LogP contribution is 2.45. The van der Waals surface area contributed by atoms with Crippen LogP contribution in [0.5, 0.6) is 0 Å². The summed E-state index contributed by atoms with van der Waals surface area (Å²) in [5.74, 6) is 1.83. The van der Waals surface area contributed by atoms with Crippen LogP contribution >= 0.6 is 12.6 Å². The minimum atomic E-state index is 0.693. The quantitative estimate of drug-likeness (QED) is 0.372. The minimum Gasteiger partial charge on any atom is -0.175 e. The highest BCUT2D eigenvalue weighted by Gasteiger charge is 2.38. The predicted octanol–water partition coefficient (Wildman–Crippen LogP) is 1.88. The van der Waals surface area contributed by atoms with Crippen molar-refractivity contribution in [3.8, 4) is 0 Å². The van der Waals surface area contributed by atoms with E-state index in [4.69, 9.17) is 0 Å². The third-order valence-electron chi connectivity index (χ3n) is 2.33. The average molecular weight is 126 g/mol. The first-order valence-electron chi connectivity index (χ1n) is 3.22. The second kappa shape index (κ2) is 1.53. The third-order valence-corrected chi connectivity index (χ3v) is 2.89. The number of hydrogen-bond acceptors (Lipinski definition) is 1. The molecule has 2 aliphatic carbocycles. The zero-order valence-electron chi connectivity index (χ0n) is 4.75. The van der Waals surface area contributed by atoms with Gasteiger partial charge in [0, 0.05) is 5.25 Å². The topological polar surface area (TPSA) is 0 Å². The maximum Gasteiger partial charge on any atom is 0.00853 e.